The summed E-state index contributed by atoms with van der Waals surface area (Å²) in [4.78, 5) is 12.3. The zero-order valence-electron chi connectivity index (χ0n) is 22.1. The van der Waals surface area contributed by atoms with Crippen LogP contribution in [0.2, 0.25) is 0 Å². The summed E-state index contributed by atoms with van der Waals surface area (Å²) in [5.74, 6) is 3.15. The quantitative estimate of drug-likeness (QED) is 0.411. The van der Waals surface area contributed by atoms with Crippen molar-refractivity contribution in [2.75, 3.05) is 0 Å². The summed E-state index contributed by atoms with van der Waals surface area (Å²) < 4.78 is 0. The van der Waals surface area contributed by atoms with Gasteiger partial charge in [-0.3, -0.25) is 4.79 Å². The molecule has 0 spiro atoms. The molecule has 0 bridgehead atoms. The van der Waals surface area contributed by atoms with Gasteiger partial charge in [-0.25, -0.2) is 0 Å². The van der Waals surface area contributed by atoms with Gasteiger partial charge in [0.15, 0.2) is 0 Å². The fraction of sp³-hybridized carbons (Fsp3) is 0.900. The fourth-order valence-electron chi connectivity index (χ4n) is 10.4. The molecule has 4 nitrogen and oxygen atoms in total. The van der Waals surface area contributed by atoms with Crippen molar-refractivity contribution < 1.29 is 20.1 Å². The number of carboxylic acids is 1. The van der Waals surface area contributed by atoms with Gasteiger partial charge in [-0.05, 0) is 124 Å². The first-order valence-electron chi connectivity index (χ1n) is 14.2. The second-order valence-electron chi connectivity index (χ2n) is 13.4. The number of aliphatic carboxylic acids is 1. The van der Waals surface area contributed by atoms with Crippen molar-refractivity contribution in [1.29, 1.82) is 0 Å². The van der Waals surface area contributed by atoms with E-state index in [4.69, 9.17) is 5.11 Å². The van der Waals surface area contributed by atoms with Crippen LogP contribution in [0.3, 0.4) is 0 Å². The minimum absolute atomic E-state index is 0.108. The second kappa shape index (κ2) is 9.54. The SMILES string of the molecule is C=CCC(C)O.CC1C(O)CCC2(C)C1CCC1(C)C3CCC4(C(=O)O)CCCC4C3CCC21. The molecule has 4 heteroatoms. The van der Waals surface area contributed by atoms with E-state index in [0.29, 0.717) is 40.9 Å². The number of aliphatic hydroxyl groups excluding tert-OH is 2. The number of rotatable bonds is 3. The predicted octanol–water partition coefficient (Wildman–Crippen LogP) is 6.45. The zero-order chi connectivity index (χ0) is 24.9. The Morgan fingerprint density at radius 3 is 2.24 bits per heavy atom. The third-order valence-electron chi connectivity index (χ3n) is 12.0. The molecule has 0 aliphatic heterocycles. The molecule has 0 heterocycles. The van der Waals surface area contributed by atoms with E-state index >= 15 is 0 Å². The van der Waals surface area contributed by atoms with Crippen LogP contribution in [0.15, 0.2) is 12.7 Å². The summed E-state index contributed by atoms with van der Waals surface area (Å²) in [5.41, 5.74) is 0.353. The predicted molar refractivity (Wildman–Crippen MR) is 136 cm³/mol. The molecule has 194 valence electrons. The third kappa shape index (κ3) is 3.99. The van der Waals surface area contributed by atoms with Crippen LogP contribution in [-0.4, -0.2) is 33.5 Å². The summed E-state index contributed by atoms with van der Waals surface area (Å²) in [6.07, 6.45) is 14.6. The highest BCUT2D eigenvalue weighted by Crippen LogP contribution is 2.71. The lowest BCUT2D eigenvalue weighted by Gasteiger charge is -2.67. The normalized spacial score (nSPS) is 50.4. The first-order valence-corrected chi connectivity index (χ1v) is 14.2. The average Bonchev–Trinajstić information content (AvgIpc) is 3.23. The monoisotopic (exact) mass is 474 g/mol. The van der Waals surface area contributed by atoms with Crippen molar-refractivity contribution in [1.82, 2.24) is 0 Å². The smallest absolute Gasteiger partial charge is 0.309 e. The Bertz CT molecular complexity index is 763. The lowest BCUT2D eigenvalue weighted by Crippen LogP contribution is -2.61. The van der Waals surface area contributed by atoms with E-state index in [-0.39, 0.29) is 12.2 Å². The summed E-state index contributed by atoms with van der Waals surface area (Å²) in [7, 11) is 0. The van der Waals surface area contributed by atoms with E-state index in [1.165, 1.54) is 32.1 Å². The lowest BCUT2D eigenvalue weighted by atomic mass is 9.37. The Hall–Kier alpha value is -0.870. The molecule has 0 amide bonds. The standard InChI is InChI=1S/C25H40O3.C5H10O/c1-15-17-8-12-24(3)18-9-14-25(22(27)28)11-4-5-19(25)16(18)6-7-21(24)23(17,2)13-10-20(15)26;1-3-4-5(2)6/h15-21,26H,4-14H2,1-3H3,(H,27,28);3,5-6H,1,4H2,2H3. The van der Waals surface area contributed by atoms with E-state index in [1.54, 1.807) is 13.0 Å². The van der Waals surface area contributed by atoms with Gasteiger partial charge >= 0.3 is 5.97 Å². The molecule has 5 aliphatic carbocycles. The second-order valence-corrected chi connectivity index (χ2v) is 13.4. The molecule has 3 N–H and O–H groups in total. The molecule has 0 radical (unpaired) electrons. The Morgan fingerprint density at radius 2 is 1.62 bits per heavy atom. The molecule has 0 aromatic rings. The number of fused-ring (bicyclic) bond motifs is 7. The highest BCUT2D eigenvalue weighted by atomic mass is 16.4. The molecular formula is C30H50O4. The lowest BCUT2D eigenvalue weighted by molar-refractivity contribution is -0.199. The van der Waals surface area contributed by atoms with Gasteiger partial charge in [0.1, 0.15) is 0 Å². The minimum atomic E-state index is -0.494. The van der Waals surface area contributed by atoms with Gasteiger partial charge in [0.2, 0.25) is 0 Å². The summed E-state index contributed by atoms with van der Waals surface area (Å²) in [6.45, 7) is 12.6. The van der Waals surface area contributed by atoms with E-state index in [0.717, 1.165) is 50.4 Å². The largest absolute Gasteiger partial charge is 0.481 e. The molecule has 5 saturated carbocycles. The van der Waals surface area contributed by atoms with Crippen LogP contribution in [0, 0.1) is 51.8 Å². The minimum Gasteiger partial charge on any atom is -0.481 e. The van der Waals surface area contributed by atoms with Crippen LogP contribution < -0.4 is 0 Å². The van der Waals surface area contributed by atoms with Crippen LogP contribution in [-0.2, 0) is 4.79 Å². The zero-order valence-corrected chi connectivity index (χ0v) is 22.1. The molecule has 34 heavy (non-hydrogen) atoms. The molecule has 5 rings (SSSR count). The molecular weight excluding hydrogens is 424 g/mol. The first-order chi connectivity index (χ1) is 16.0. The Balaban J connectivity index is 0.000000408. The number of aliphatic hydroxyl groups is 2. The van der Waals surface area contributed by atoms with E-state index in [9.17, 15) is 15.0 Å². The van der Waals surface area contributed by atoms with Crippen molar-refractivity contribution in [3.8, 4) is 0 Å². The Labute approximate surface area is 207 Å². The average molecular weight is 475 g/mol. The maximum absolute atomic E-state index is 12.3. The van der Waals surface area contributed by atoms with Crippen LogP contribution in [0.5, 0.6) is 0 Å². The number of hydrogen-bond donors (Lipinski definition) is 3. The highest BCUT2D eigenvalue weighted by Gasteiger charge is 2.65. The molecule has 5 aliphatic rings. The van der Waals surface area contributed by atoms with E-state index in [2.05, 4.69) is 27.4 Å². The maximum Gasteiger partial charge on any atom is 0.309 e. The van der Waals surface area contributed by atoms with Crippen molar-refractivity contribution >= 4 is 5.97 Å². The number of carbonyl (C=O) groups is 1. The Kier molecular flexibility index (Phi) is 7.35. The molecule has 0 aromatic carbocycles. The van der Waals surface area contributed by atoms with E-state index < -0.39 is 11.4 Å². The van der Waals surface area contributed by atoms with E-state index in [1.807, 2.05) is 0 Å². The van der Waals surface area contributed by atoms with Crippen LogP contribution in [0.1, 0.15) is 105 Å². The van der Waals surface area contributed by atoms with Gasteiger partial charge in [-0.1, -0.05) is 33.3 Å². The van der Waals surface area contributed by atoms with Crippen LogP contribution in [0.25, 0.3) is 0 Å². The van der Waals surface area contributed by atoms with Crippen molar-refractivity contribution in [3.05, 3.63) is 12.7 Å². The van der Waals surface area contributed by atoms with Gasteiger partial charge in [0.05, 0.1) is 17.6 Å². The van der Waals surface area contributed by atoms with Crippen LogP contribution >= 0.6 is 0 Å². The molecule has 11 atom stereocenters. The maximum atomic E-state index is 12.3. The molecule has 0 aromatic heterocycles. The highest BCUT2D eigenvalue weighted by molar-refractivity contribution is 5.75. The first kappa shape index (κ1) is 26.2. The summed E-state index contributed by atoms with van der Waals surface area (Å²) in [5, 5.41) is 29.1. The van der Waals surface area contributed by atoms with Crippen molar-refractivity contribution in [2.24, 2.45) is 51.8 Å². The number of carboxylic acid groups (broad SMARTS) is 1. The molecule has 0 saturated heterocycles. The van der Waals surface area contributed by atoms with Crippen molar-refractivity contribution in [3.63, 3.8) is 0 Å². The Morgan fingerprint density at radius 1 is 0.971 bits per heavy atom. The third-order valence-corrected chi connectivity index (χ3v) is 12.0. The van der Waals surface area contributed by atoms with Gasteiger partial charge in [-0.15, -0.1) is 6.58 Å². The van der Waals surface area contributed by atoms with Gasteiger partial charge in [0.25, 0.3) is 0 Å². The topological polar surface area (TPSA) is 77.8 Å². The summed E-state index contributed by atoms with van der Waals surface area (Å²) in [6, 6.07) is 0. The summed E-state index contributed by atoms with van der Waals surface area (Å²) >= 11 is 0. The van der Waals surface area contributed by atoms with Gasteiger partial charge < -0.3 is 15.3 Å². The fourth-order valence-corrected chi connectivity index (χ4v) is 10.4. The molecule has 11 unspecified atom stereocenters. The van der Waals surface area contributed by atoms with Crippen LogP contribution in [0.4, 0.5) is 0 Å². The van der Waals surface area contributed by atoms with Gasteiger partial charge in [-0.2, -0.15) is 0 Å². The number of hydrogen-bond acceptors (Lipinski definition) is 3. The molecule has 5 fully saturated rings. The van der Waals surface area contributed by atoms with Crippen molar-refractivity contribution in [2.45, 2.75) is 117 Å². The van der Waals surface area contributed by atoms with Gasteiger partial charge in [0, 0.05) is 0 Å².